The van der Waals surface area contributed by atoms with E-state index in [1.165, 1.54) is 5.56 Å². The molecular weight excluding hydrogens is 354 g/mol. The number of anilines is 2. The highest BCUT2D eigenvalue weighted by Crippen LogP contribution is 2.27. The number of benzene rings is 1. The lowest BCUT2D eigenvalue weighted by Crippen LogP contribution is -2.43. The van der Waals surface area contributed by atoms with Crippen molar-refractivity contribution in [2.45, 2.75) is 26.0 Å². The smallest absolute Gasteiger partial charge is 0.158 e. The fourth-order valence-electron chi connectivity index (χ4n) is 3.86. The van der Waals surface area contributed by atoms with Crippen molar-refractivity contribution in [2.24, 2.45) is 5.92 Å². The summed E-state index contributed by atoms with van der Waals surface area (Å²) in [6, 6.07) is 9.96. The summed E-state index contributed by atoms with van der Waals surface area (Å²) in [6.45, 7) is 5.14. The number of nitrogens with one attached hydrogen (secondary N) is 1. The summed E-state index contributed by atoms with van der Waals surface area (Å²) in [6.07, 6.45) is 5.00. The van der Waals surface area contributed by atoms with Gasteiger partial charge in [-0.05, 0) is 42.6 Å². The second-order valence-electron chi connectivity index (χ2n) is 7.37. The van der Waals surface area contributed by atoms with Gasteiger partial charge in [0.1, 0.15) is 17.6 Å². The maximum atomic E-state index is 5.67. The van der Waals surface area contributed by atoms with E-state index in [1.807, 2.05) is 42.1 Å². The molecule has 2 atom stereocenters. The molecule has 0 radical (unpaired) electrons. The lowest BCUT2D eigenvalue weighted by Gasteiger charge is -2.36. The van der Waals surface area contributed by atoms with Crippen LogP contribution in [-0.2, 0) is 11.3 Å². The summed E-state index contributed by atoms with van der Waals surface area (Å²) in [5, 5.41) is 7.79. The highest BCUT2D eigenvalue weighted by Gasteiger charge is 2.26. The van der Waals surface area contributed by atoms with Crippen LogP contribution in [0.15, 0.2) is 42.9 Å². The van der Waals surface area contributed by atoms with Gasteiger partial charge in [-0.15, -0.1) is 0 Å². The molecule has 28 heavy (non-hydrogen) atoms. The van der Waals surface area contributed by atoms with Crippen LogP contribution in [-0.4, -0.2) is 52.9 Å². The van der Waals surface area contributed by atoms with Crippen molar-refractivity contribution >= 4 is 17.0 Å². The Hall–Kier alpha value is -2.64. The van der Waals surface area contributed by atoms with Crippen LogP contribution in [0, 0.1) is 5.92 Å². The Morgan fingerprint density at radius 2 is 2.14 bits per heavy atom. The second-order valence-corrected chi connectivity index (χ2v) is 7.37. The molecule has 1 aliphatic heterocycles. The predicted molar refractivity (Wildman–Crippen MR) is 109 cm³/mol. The fraction of sp³-hybridized carbons (Fsp3) is 0.429. The van der Waals surface area contributed by atoms with Gasteiger partial charge >= 0.3 is 0 Å². The van der Waals surface area contributed by atoms with Crippen LogP contribution in [0.1, 0.15) is 18.9 Å². The van der Waals surface area contributed by atoms with Gasteiger partial charge in [-0.25, -0.2) is 9.50 Å². The van der Waals surface area contributed by atoms with E-state index in [0.29, 0.717) is 5.92 Å². The van der Waals surface area contributed by atoms with Gasteiger partial charge in [-0.1, -0.05) is 13.0 Å². The Kier molecular flexibility index (Phi) is 5.45. The number of hydrogen-bond donors (Lipinski definition) is 1. The number of piperidine rings is 1. The van der Waals surface area contributed by atoms with Gasteiger partial charge in [0.2, 0.25) is 0 Å². The van der Waals surface area contributed by atoms with Crippen LogP contribution in [0.3, 0.4) is 0 Å². The Bertz CT molecular complexity index is 941. The van der Waals surface area contributed by atoms with Gasteiger partial charge in [-0.3, -0.25) is 4.90 Å². The summed E-state index contributed by atoms with van der Waals surface area (Å²) in [7, 11) is 3.47. The number of aromatic nitrogens is 3. The lowest BCUT2D eigenvalue weighted by molar-refractivity contribution is -0.00732. The van der Waals surface area contributed by atoms with E-state index in [-0.39, 0.29) is 6.10 Å². The van der Waals surface area contributed by atoms with Gasteiger partial charge < -0.3 is 14.8 Å². The third kappa shape index (κ3) is 3.81. The predicted octanol–water partition coefficient (Wildman–Crippen LogP) is 3.34. The molecule has 0 saturated carbocycles. The van der Waals surface area contributed by atoms with Crippen molar-refractivity contribution in [1.82, 2.24) is 19.5 Å². The topological polar surface area (TPSA) is 63.9 Å². The number of hydrogen-bond acceptors (Lipinski definition) is 6. The average molecular weight is 381 g/mol. The van der Waals surface area contributed by atoms with Crippen molar-refractivity contribution in [1.29, 1.82) is 0 Å². The molecule has 3 heterocycles. The van der Waals surface area contributed by atoms with E-state index in [2.05, 4.69) is 33.3 Å². The zero-order valence-corrected chi connectivity index (χ0v) is 16.6. The largest absolute Gasteiger partial charge is 0.497 e. The number of likely N-dealkylation sites (tertiary alicyclic amines) is 1. The molecule has 0 spiro atoms. The Balaban J connectivity index is 1.60. The minimum atomic E-state index is 0.285. The Labute approximate surface area is 165 Å². The average Bonchev–Trinajstić information content (AvgIpc) is 3.13. The molecule has 1 aromatic carbocycles. The first kappa shape index (κ1) is 18.7. The van der Waals surface area contributed by atoms with Crippen LogP contribution in [0.2, 0.25) is 0 Å². The molecule has 7 heteroatoms. The molecule has 0 amide bonds. The zero-order valence-electron chi connectivity index (χ0n) is 16.6. The first-order chi connectivity index (χ1) is 13.7. The number of ether oxygens (including phenoxy) is 2. The van der Waals surface area contributed by atoms with Crippen LogP contribution in [0.25, 0.3) is 5.52 Å². The third-order valence-corrected chi connectivity index (χ3v) is 5.54. The standard InChI is InChI=1S/C21H27N5O2/c1-15-7-9-25(13-19(15)28-3)12-16-8-10-26-20(16)21(22-14-23-26)24-17-5-4-6-18(11-17)27-2/h4-6,8,10-11,14-15,19H,7,9,12-13H2,1-3H3,(H,22,23,24)/t15-,19-/m1/s1. The van der Waals surface area contributed by atoms with Gasteiger partial charge in [0, 0.05) is 38.1 Å². The van der Waals surface area contributed by atoms with Gasteiger partial charge in [-0.2, -0.15) is 5.10 Å². The van der Waals surface area contributed by atoms with E-state index < -0.39 is 0 Å². The van der Waals surface area contributed by atoms with Gasteiger partial charge in [0.05, 0.1) is 13.2 Å². The Morgan fingerprint density at radius 1 is 1.25 bits per heavy atom. The molecule has 0 aliphatic carbocycles. The van der Waals surface area contributed by atoms with E-state index in [9.17, 15) is 0 Å². The maximum absolute atomic E-state index is 5.67. The van der Waals surface area contributed by atoms with Crippen LogP contribution >= 0.6 is 0 Å². The Morgan fingerprint density at radius 3 is 2.96 bits per heavy atom. The molecular formula is C21H27N5O2. The summed E-state index contributed by atoms with van der Waals surface area (Å²) in [4.78, 5) is 6.95. The second kappa shape index (κ2) is 8.16. The summed E-state index contributed by atoms with van der Waals surface area (Å²) in [5.74, 6) is 2.19. The number of nitrogens with zero attached hydrogens (tertiary/aromatic N) is 4. The van der Waals surface area contributed by atoms with Crippen LogP contribution in [0.4, 0.5) is 11.5 Å². The number of methoxy groups -OCH3 is 2. The summed E-state index contributed by atoms with van der Waals surface area (Å²) >= 11 is 0. The van der Waals surface area contributed by atoms with E-state index in [1.54, 1.807) is 13.4 Å². The molecule has 148 valence electrons. The molecule has 0 unspecified atom stereocenters. The first-order valence-electron chi connectivity index (χ1n) is 9.65. The van der Waals surface area contributed by atoms with Gasteiger partial charge in [0.15, 0.2) is 5.82 Å². The van der Waals surface area contributed by atoms with Crippen LogP contribution < -0.4 is 10.1 Å². The normalized spacial score (nSPS) is 20.4. The van der Waals surface area contributed by atoms with Crippen molar-refractivity contribution in [3.63, 3.8) is 0 Å². The highest BCUT2D eigenvalue weighted by atomic mass is 16.5. The number of fused-ring (bicyclic) bond motifs is 1. The van der Waals surface area contributed by atoms with Crippen LogP contribution in [0.5, 0.6) is 5.75 Å². The summed E-state index contributed by atoms with van der Waals surface area (Å²) in [5.41, 5.74) is 3.13. The third-order valence-electron chi connectivity index (χ3n) is 5.54. The highest BCUT2D eigenvalue weighted by molar-refractivity contribution is 5.76. The van der Waals surface area contributed by atoms with Gasteiger partial charge in [0.25, 0.3) is 0 Å². The van der Waals surface area contributed by atoms with Crippen molar-refractivity contribution in [3.8, 4) is 5.75 Å². The fourth-order valence-corrected chi connectivity index (χ4v) is 3.86. The minimum Gasteiger partial charge on any atom is -0.497 e. The molecule has 1 saturated heterocycles. The molecule has 2 aromatic heterocycles. The number of rotatable bonds is 6. The molecule has 4 rings (SSSR count). The molecule has 3 aromatic rings. The van der Waals surface area contributed by atoms with E-state index in [4.69, 9.17) is 9.47 Å². The molecule has 7 nitrogen and oxygen atoms in total. The quantitative estimate of drug-likeness (QED) is 0.707. The maximum Gasteiger partial charge on any atom is 0.158 e. The molecule has 0 bridgehead atoms. The lowest BCUT2D eigenvalue weighted by atomic mass is 9.95. The molecule has 1 aliphatic rings. The molecule has 1 fully saturated rings. The first-order valence-corrected chi connectivity index (χ1v) is 9.65. The molecule has 1 N–H and O–H groups in total. The summed E-state index contributed by atoms with van der Waals surface area (Å²) < 4.78 is 12.9. The zero-order chi connectivity index (χ0) is 19.5. The van der Waals surface area contributed by atoms with E-state index >= 15 is 0 Å². The SMILES string of the molecule is COc1cccc(Nc2ncnn3ccc(CN4CC[C@@H](C)[C@H](OC)C4)c23)c1. The minimum absolute atomic E-state index is 0.285. The van der Waals surface area contributed by atoms with Crippen molar-refractivity contribution in [3.05, 3.63) is 48.4 Å². The van der Waals surface area contributed by atoms with E-state index in [0.717, 1.165) is 48.8 Å². The monoisotopic (exact) mass is 381 g/mol. The van der Waals surface area contributed by atoms with Crippen molar-refractivity contribution < 1.29 is 9.47 Å². The van der Waals surface area contributed by atoms with Crippen molar-refractivity contribution in [2.75, 3.05) is 32.6 Å².